The molecule has 3 heterocycles. The Bertz CT molecular complexity index is 2370. The van der Waals surface area contributed by atoms with Gasteiger partial charge >= 0.3 is 0 Å². The van der Waals surface area contributed by atoms with Crippen LogP contribution in [0.2, 0.25) is 0 Å². The van der Waals surface area contributed by atoms with Gasteiger partial charge in [0, 0.05) is 49.2 Å². The van der Waals surface area contributed by atoms with Crippen molar-refractivity contribution in [1.29, 1.82) is 0 Å². The van der Waals surface area contributed by atoms with E-state index in [-0.39, 0.29) is 0 Å². The lowest BCUT2D eigenvalue weighted by Gasteiger charge is -2.07. The Hall–Kier alpha value is -5.28. The second-order valence-corrected chi connectivity index (χ2v) is 10.3. The van der Waals surface area contributed by atoms with Crippen LogP contribution in [0.1, 0.15) is 0 Å². The fourth-order valence-electron chi connectivity index (χ4n) is 6.69. The molecule has 3 heteroatoms. The van der Waals surface area contributed by atoms with Crippen molar-refractivity contribution >= 4 is 65.4 Å². The molecule has 0 amide bonds. The molecular weight excluding hydrogens is 474 g/mol. The first-order chi connectivity index (χ1) is 19.4. The summed E-state index contributed by atoms with van der Waals surface area (Å²) in [7, 11) is 0. The van der Waals surface area contributed by atoms with Gasteiger partial charge < -0.3 is 14.1 Å². The number of nitrogens with one attached hydrogen (secondary N) is 1. The molecule has 182 valence electrons. The van der Waals surface area contributed by atoms with Gasteiger partial charge in [-0.15, -0.1) is 0 Å². The number of nitrogens with zero attached hydrogens (tertiary/aromatic N) is 2. The van der Waals surface area contributed by atoms with Crippen LogP contribution >= 0.6 is 0 Å². The number of hydrogen-bond acceptors (Lipinski definition) is 0. The predicted molar refractivity (Wildman–Crippen MR) is 164 cm³/mol. The van der Waals surface area contributed by atoms with Gasteiger partial charge in [0.1, 0.15) is 0 Å². The van der Waals surface area contributed by atoms with E-state index in [4.69, 9.17) is 0 Å². The van der Waals surface area contributed by atoms with Crippen LogP contribution in [0, 0.1) is 0 Å². The lowest BCUT2D eigenvalue weighted by atomic mass is 10.0. The van der Waals surface area contributed by atoms with Crippen LogP contribution in [0.5, 0.6) is 0 Å². The molecule has 9 rings (SSSR count). The monoisotopic (exact) mass is 497 g/mol. The van der Waals surface area contributed by atoms with Crippen molar-refractivity contribution in [3.8, 4) is 11.4 Å². The Labute approximate surface area is 224 Å². The molecule has 0 unspecified atom stereocenters. The van der Waals surface area contributed by atoms with E-state index in [9.17, 15) is 0 Å². The van der Waals surface area contributed by atoms with Gasteiger partial charge in [-0.2, -0.15) is 0 Å². The zero-order valence-corrected chi connectivity index (χ0v) is 21.1. The smallest absolute Gasteiger partial charge is 0.0566 e. The molecule has 3 nitrogen and oxygen atoms in total. The number of benzene rings is 6. The first-order valence-corrected chi connectivity index (χ1v) is 13.4. The molecule has 0 spiro atoms. The third kappa shape index (κ3) is 2.71. The minimum Gasteiger partial charge on any atom is -0.354 e. The number of aromatic nitrogens is 3. The molecule has 0 aliphatic carbocycles. The highest BCUT2D eigenvalue weighted by atomic mass is 15.0. The molecule has 3 aromatic heterocycles. The zero-order valence-electron chi connectivity index (χ0n) is 21.1. The number of hydrogen-bond donors (Lipinski definition) is 1. The summed E-state index contributed by atoms with van der Waals surface area (Å²) in [5.41, 5.74) is 9.59. The van der Waals surface area contributed by atoms with Crippen LogP contribution in [0.4, 0.5) is 0 Å². The number of aromatic amines is 1. The Kier molecular flexibility index (Phi) is 4.05. The number of fused-ring (bicyclic) bond motifs is 11. The average Bonchev–Trinajstić information content (AvgIpc) is 3.65. The van der Waals surface area contributed by atoms with E-state index in [0.717, 1.165) is 5.52 Å². The molecule has 0 atom stereocenters. The largest absolute Gasteiger partial charge is 0.354 e. The zero-order chi connectivity index (χ0) is 25.5. The molecule has 0 aliphatic rings. The van der Waals surface area contributed by atoms with Gasteiger partial charge in [0.2, 0.25) is 0 Å². The van der Waals surface area contributed by atoms with Crippen molar-refractivity contribution in [3.63, 3.8) is 0 Å². The topological polar surface area (TPSA) is 25.6 Å². The van der Waals surface area contributed by atoms with E-state index < -0.39 is 0 Å². The van der Waals surface area contributed by atoms with E-state index in [1.807, 2.05) is 0 Å². The second-order valence-electron chi connectivity index (χ2n) is 10.3. The minimum absolute atomic E-state index is 1.16. The Morgan fingerprint density at radius 3 is 1.51 bits per heavy atom. The van der Waals surface area contributed by atoms with Crippen molar-refractivity contribution in [2.75, 3.05) is 0 Å². The fourth-order valence-corrected chi connectivity index (χ4v) is 6.69. The van der Waals surface area contributed by atoms with Crippen LogP contribution in [0.25, 0.3) is 76.8 Å². The van der Waals surface area contributed by atoms with Crippen molar-refractivity contribution < 1.29 is 0 Å². The van der Waals surface area contributed by atoms with Crippen molar-refractivity contribution in [3.05, 3.63) is 133 Å². The quantitative estimate of drug-likeness (QED) is 0.246. The maximum Gasteiger partial charge on any atom is 0.0566 e. The summed E-state index contributed by atoms with van der Waals surface area (Å²) in [4.78, 5) is 3.86. The van der Waals surface area contributed by atoms with E-state index in [2.05, 4.69) is 148 Å². The van der Waals surface area contributed by atoms with Gasteiger partial charge in [-0.1, -0.05) is 78.9 Å². The molecule has 0 saturated carbocycles. The first kappa shape index (κ1) is 20.7. The molecule has 0 fully saturated rings. The Morgan fingerprint density at radius 2 is 0.872 bits per heavy atom. The van der Waals surface area contributed by atoms with E-state index >= 15 is 0 Å². The van der Waals surface area contributed by atoms with Gasteiger partial charge in [-0.25, -0.2) is 0 Å². The van der Waals surface area contributed by atoms with Crippen molar-refractivity contribution in [2.45, 2.75) is 0 Å². The Morgan fingerprint density at radius 1 is 0.359 bits per heavy atom. The van der Waals surface area contributed by atoms with Crippen molar-refractivity contribution in [2.24, 2.45) is 0 Å². The molecule has 6 aromatic carbocycles. The second kappa shape index (κ2) is 7.62. The molecule has 9 aromatic rings. The van der Waals surface area contributed by atoms with Crippen LogP contribution in [0.15, 0.2) is 133 Å². The first-order valence-electron chi connectivity index (χ1n) is 13.4. The summed E-state index contributed by atoms with van der Waals surface area (Å²) in [6, 6.07) is 48.0. The Balaban J connectivity index is 1.48. The molecule has 0 bridgehead atoms. The third-order valence-electron chi connectivity index (χ3n) is 8.23. The standard InChI is InChI=1S/C36H23N3/c1-3-11-23(12-4-1)38-29-17-9-7-15-25(29)34-31(38)22-20-28-33(34)27-19-21-32-35(36(27)37-28)26-16-8-10-18-30(26)39(32)24-13-5-2-6-14-24/h1-22,37H. The summed E-state index contributed by atoms with van der Waals surface area (Å²) in [6.07, 6.45) is 0. The molecule has 0 radical (unpaired) electrons. The molecule has 0 saturated heterocycles. The number of H-pyrrole nitrogens is 1. The average molecular weight is 498 g/mol. The highest BCUT2D eigenvalue weighted by Crippen LogP contribution is 2.43. The van der Waals surface area contributed by atoms with Crippen LogP contribution in [-0.4, -0.2) is 14.1 Å². The SMILES string of the molecule is c1ccc(-n2c3ccccc3c3c4[nH]c5ccc6c(c7ccccc7n6-c6ccccc6)c5c4ccc32)cc1. The van der Waals surface area contributed by atoms with Crippen molar-refractivity contribution in [1.82, 2.24) is 14.1 Å². The summed E-state index contributed by atoms with van der Waals surface area (Å²) in [5.74, 6) is 0. The summed E-state index contributed by atoms with van der Waals surface area (Å²) >= 11 is 0. The maximum absolute atomic E-state index is 3.86. The predicted octanol–water partition coefficient (Wildman–Crippen LogP) is 9.52. The maximum atomic E-state index is 3.86. The summed E-state index contributed by atoms with van der Waals surface area (Å²) in [5, 5.41) is 7.64. The minimum atomic E-state index is 1.16. The molecule has 39 heavy (non-hydrogen) atoms. The number of para-hydroxylation sites is 4. The summed E-state index contributed by atoms with van der Waals surface area (Å²) < 4.78 is 4.77. The lowest BCUT2D eigenvalue weighted by molar-refractivity contribution is 1.18. The van der Waals surface area contributed by atoms with E-state index in [1.165, 1.54) is 71.3 Å². The number of rotatable bonds is 2. The molecular formula is C36H23N3. The van der Waals surface area contributed by atoms with Gasteiger partial charge in [0.05, 0.1) is 27.6 Å². The highest BCUT2D eigenvalue weighted by molar-refractivity contribution is 6.32. The normalized spacial score (nSPS) is 12.1. The highest BCUT2D eigenvalue weighted by Gasteiger charge is 2.20. The van der Waals surface area contributed by atoms with Gasteiger partial charge in [-0.3, -0.25) is 0 Å². The van der Waals surface area contributed by atoms with Gasteiger partial charge in [0.25, 0.3) is 0 Å². The van der Waals surface area contributed by atoms with Gasteiger partial charge in [0.15, 0.2) is 0 Å². The fraction of sp³-hybridized carbons (Fsp3) is 0. The molecule has 1 N–H and O–H groups in total. The van der Waals surface area contributed by atoms with Crippen LogP contribution in [-0.2, 0) is 0 Å². The third-order valence-corrected chi connectivity index (χ3v) is 8.23. The summed E-state index contributed by atoms with van der Waals surface area (Å²) in [6.45, 7) is 0. The van der Waals surface area contributed by atoms with Crippen LogP contribution in [0.3, 0.4) is 0 Å². The van der Waals surface area contributed by atoms with Gasteiger partial charge in [-0.05, 0) is 54.6 Å². The molecule has 0 aliphatic heterocycles. The van der Waals surface area contributed by atoms with E-state index in [0.29, 0.717) is 0 Å². The lowest BCUT2D eigenvalue weighted by Crippen LogP contribution is -1.92. The van der Waals surface area contributed by atoms with Crippen LogP contribution < -0.4 is 0 Å². The van der Waals surface area contributed by atoms with E-state index in [1.54, 1.807) is 0 Å².